The van der Waals surface area contributed by atoms with Crippen molar-refractivity contribution in [3.63, 3.8) is 0 Å². The molecular weight excluding hydrogens is 208 g/mol. The maximum atomic E-state index is 10.6. The number of aliphatic carboxylic acids is 1. The van der Waals surface area contributed by atoms with Crippen molar-refractivity contribution in [2.24, 2.45) is 0 Å². The average Bonchev–Trinajstić information content (AvgIpc) is 2.65. The van der Waals surface area contributed by atoms with E-state index >= 15 is 0 Å². The van der Waals surface area contributed by atoms with Gasteiger partial charge in [0, 0.05) is 10.3 Å². The van der Waals surface area contributed by atoms with Crippen LogP contribution in [-0.4, -0.2) is 11.1 Å². The summed E-state index contributed by atoms with van der Waals surface area (Å²) >= 11 is 7.30. The van der Waals surface area contributed by atoms with Crippen molar-refractivity contribution in [1.29, 1.82) is 0 Å². The molecule has 0 aliphatic heterocycles. The first-order chi connectivity index (χ1) is 6.12. The van der Waals surface area contributed by atoms with Crippen LogP contribution < -0.4 is 0 Å². The molecule has 0 unspecified atom stereocenters. The average molecular weight is 217 g/mol. The van der Waals surface area contributed by atoms with E-state index in [2.05, 4.69) is 0 Å². The van der Waals surface area contributed by atoms with E-state index in [1.165, 1.54) is 11.3 Å². The lowest BCUT2D eigenvalue weighted by Crippen LogP contribution is -2.10. The SMILES string of the molecule is O=C(O)CC1(c2ccc(Cl)s2)CC1. The zero-order valence-electron chi connectivity index (χ0n) is 6.92. The summed E-state index contributed by atoms with van der Waals surface area (Å²) in [5.41, 5.74) is -0.0797. The molecule has 13 heavy (non-hydrogen) atoms. The third kappa shape index (κ3) is 1.71. The number of carboxylic acid groups (broad SMARTS) is 1. The molecule has 0 aromatic carbocycles. The lowest BCUT2D eigenvalue weighted by Gasteiger charge is -2.08. The molecule has 0 bridgehead atoms. The van der Waals surface area contributed by atoms with Gasteiger partial charge >= 0.3 is 5.97 Å². The van der Waals surface area contributed by atoms with E-state index in [4.69, 9.17) is 16.7 Å². The highest BCUT2D eigenvalue weighted by Crippen LogP contribution is 2.53. The molecule has 4 heteroatoms. The van der Waals surface area contributed by atoms with Crippen molar-refractivity contribution in [2.75, 3.05) is 0 Å². The van der Waals surface area contributed by atoms with Crippen LogP contribution in [0.25, 0.3) is 0 Å². The summed E-state index contributed by atoms with van der Waals surface area (Å²) in [7, 11) is 0. The zero-order chi connectivity index (χ0) is 9.47. The van der Waals surface area contributed by atoms with Gasteiger partial charge in [0.15, 0.2) is 0 Å². The molecule has 1 aromatic heterocycles. The summed E-state index contributed by atoms with van der Waals surface area (Å²) in [4.78, 5) is 11.7. The minimum absolute atomic E-state index is 0.0797. The van der Waals surface area contributed by atoms with E-state index in [1.807, 2.05) is 12.1 Å². The largest absolute Gasteiger partial charge is 0.481 e. The molecule has 0 atom stereocenters. The van der Waals surface area contributed by atoms with Gasteiger partial charge in [0.1, 0.15) is 0 Å². The third-order valence-corrected chi connectivity index (χ3v) is 3.92. The number of carboxylic acids is 1. The molecule has 0 amide bonds. The van der Waals surface area contributed by atoms with Gasteiger partial charge in [-0.05, 0) is 25.0 Å². The van der Waals surface area contributed by atoms with Gasteiger partial charge in [-0.2, -0.15) is 0 Å². The maximum Gasteiger partial charge on any atom is 0.304 e. The van der Waals surface area contributed by atoms with Gasteiger partial charge in [-0.3, -0.25) is 4.79 Å². The number of halogens is 1. The van der Waals surface area contributed by atoms with Crippen LogP contribution in [0.4, 0.5) is 0 Å². The molecule has 2 rings (SSSR count). The van der Waals surface area contributed by atoms with Crippen LogP contribution in [0.2, 0.25) is 4.34 Å². The minimum Gasteiger partial charge on any atom is -0.481 e. The van der Waals surface area contributed by atoms with E-state index in [-0.39, 0.29) is 11.8 Å². The lowest BCUT2D eigenvalue weighted by molar-refractivity contribution is -0.137. The number of hydrogen-bond donors (Lipinski definition) is 1. The monoisotopic (exact) mass is 216 g/mol. The molecule has 0 spiro atoms. The van der Waals surface area contributed by atoms with Crippen LogP contribution in [0.1, 0.15) is 24.1 Å². The molecular formula is C9H9ClO2S. The van der Waals surface area contributed by atoms with Crippen LogP contribution in [0, 0.1) is 0 Å². The Hall–Kier alpha value is -0.540. The topological polar surface area (TPSA) is 37.3 Å². The Bertz CT molecular complexity index is 341. The van der Waals surface area contributed by atoms with Gasteiger partial charge in [-0.1, -0.05) is 11.6 Å². The Kier molecular flexibility index (Phi) is 2.08. The highest BCUT2D eigenvalue weighted by molar-refractivity contribution is 7.16. The summed E-state index contributed by atoms with van der Waals surface area (Å²) in [6, 6.07) is 3.78. The molecule has 1 aliphatic rings. The van der Waals surface area contributed by atoms with Crippen LogP contribution in [-0.2, 0) is 10.2 Å². The molecule has 1 N–H and O–H groups in total. The van der Waals surface area contributed by atoms with E-state index < -0.39 is 5.97 Å². The fraction of sp³-hybridized carbons (Fsp3) is 0.444. The smallest absolute Gasteiger partial charge is 0.304 e. The fourth-order valence-electron chi connectivity index (χ4n) is 1.55. The molecule has 0 radical (unpaired) electrons. The maximum absolute atomic E-state index is 10.6. The second kappa shape index (κ2) is 3.00. The zero-order valence-corrected chi connectivity index (χ0v) is 8.49. The first-order valence-electron chi connectivity index (χ1n) is 4.10. The summed E-state index contributed by atoms with van der Waals surface area (Å²) in [5.74, 6) is -0.720. The Balaban J connectivity index is 2.20. The van der Waals surface area contributed by atoms with Gasteiger partial charge in [0.2, 0.25) is 0 Å². The number of hydrogen-bond acceptors (Lipinski definition) is 2. The van der Waals surface area contributed by atoms with Crippen molar-refractivity contribution in [2.45, 2.75) is 24.7 Å². The molecule has 1 aromatic rings. The van der Waals surface area contributed by atoms with Crippen molar-refractivity contribution in [3.05, 3.63) is 21.3 Å². The lowest BCUT2D eigenvalue weighted by atomic mass is 10.0. The first kappa shape index (κ1) is 9.03. The summed E-state index contributed by atoms with van der Waals surface area (Å²) in [6.45, 7) is 0. The van der Waals surface area contributed by atoms with E-state index in [0.717, 1.165) is 22.1 Å². The second-order valence-corrected chi connectivity index (χ2v) is 5.17. The first-order valence-corrected chi connectivity index (χ1v) is 5.29. The summed E-state index contributed by atoms with van der Waals surface area (Å²) in [6.07, 6.45) is 2.20. The second-order valence-electron chi connectivity index (χ2n) is 3.45. The summed E-state index contributed by atoms with van der Waals surface area (Å²) in [5, 5.41) is 8.73. The highest BCUT2D eigenvalue weighted by atomic mass is 35.5. The molecule has 1 heterocycles. The fourth-order valence-corrected chi connectivity index (χ4v) is 2.84. The Morgan fingerprint density at radius 1 is 1.62 bits per heavy atom. The van der Waals surface area contributed by atoms with Crippen molar-refractivity contribution >= 4 is 28.9 Å². The predicted molar refractivity (Wildman–Crippen MR) is 52.5 cm³/mol. The normalized spacial score (nSPS) is 18.5. The molecule has 70 valence electrons. The molecule has 2 nitrogen and oxygen atoms in total. The van der Waals surface area contributed by atoms with Crippen LogP contribution >= 0.6 is 22.9 Å². The van der Waals surface area contributed by atoms with Gasteiger partial charge in [-0.15, -0.1) is 11.3 Å². The number of rotatable bonds is 3. The van der Waals surface area contributed by atoms with Crippen molar-refractivity contribution in [3.8, 4) is 0 Å². The van der Waals surface area contributed by atoms with Crippen LogP contribution in [0.5, 0.6) is 0 Å². The third-order valence-electron chi connectivity index (χ3n) is 2.44. The van der Waals surface area contributed by atoms with Crippen LogP contribution in [0.3, 0.4) is 0 Å². The Labute approximate surface area is 85.1 Å². The summed E-state index contributed by atoms with van der Waals surface area (Å²) < 4.78 is 0.742. The standard InChI is InChI=1S/C9H9ClO2S/c10-7-2-1-6(13-7)9(3-4-9)5-8(11)12/h1-2H,3-5H2,(H,11,12). The predicted octanol–water partition coefficient (Wildman–Crippen LogP) is 2.91. The molecule has 1 aliphatic carbocycles. The van der Waals surface area contributed by atoms with E-state index in [1.54, 1.807) is 0 Å². The quantitative estimate of drug-likeness (QED) is 0.844. The number of thiophene rings is 1. The van der Waals surface area contributed by atoms with Crippen LogP contribution in [0.15, 0.2) is 12.1 Å². The number of carbonyl (C=O) groups is 1. The van der Waals surface area contributed by atoms with E-state index in [9.17, 15) is 4.79 Å². The molecule has 0 saturated heterocycles. The molecule has 1 fully saturated rings. The highest BCUT2D eigenvalue weighted by Gasteiger charge is 2.46. The van der Waals surface area contributed by atoms with Gasteiger partial charge in [0.25, 0.3) is 0 Å². The van der Waals surface area contributed by atoms with Crippen molar-refractivity contribution in [1.82, 2.24) is 0 Å². The van der Waals surface area contributed by atoms with Crippen molar-refractivity contribution < 1.29 is 9.90 Å². The van der Waals surface area contributed by atoms with Gasteiger partial charge < -0.3 is 5.11 Å². The van der Waals surface area contributed by atoms with E-state index in [0.29, 0.717) is 0 Å². The Morgan fingerprint density at radius 3 is 2.69 bits per heavy atom. The molecule has 1 saturated carbocycles. The van der Waals surface area contributed by atoms with Gasteiger partial charge in [-0.25, -0.2) is 0 Å². The Morgan fingerprint density at radius 2 is 2.31 bits per heavy atom. The van der Waals surface area contributed by atoms with Gasteiger partial charge in [0.05, 0.1) is 10.8 Å². The minimum atomic E-state index is -0.720.